The minimum absolute atomic E-state index is 0. The van der Waals surface area contributed by atoms with E-state index < -0.39 is 0 Å². The van der Waals surface area contributed by atoms with Crippen LogP contribution in [0.15, 0.2) is 24.3 Å². The van der Waals surface area contributed by atoms with Crippen molar-refractivity contribution >= 4 is 29.9 Å². The number of carbonyl (C=O) groups is 1. The number of hydrogen-bond donors (Lipinski definition) is 2. The van der Waals surface area contributed by atoms with Gasteiger partial charge in [0.15, 0.2) is 0 Å². The lowest BCUT2D eigenvalue weighted by Crippen LogP contribution is -2.47. The Labute approximate surface area is 125 Å². The number of hydrogen-bond acceptors (Lipinski definition) is 2. The molecule has 0 aromatic heterocycles. The Morgan fingerprint density at radius 2 is 2.16 bits per heavy atom. The molecule has 1 amide bonds. The molecule has 1 aromatic rings. The number of carbonyl (C=O) groups excluding carboxylic acids is 1. The summed E-state index contributed by atoms with van der Waals surface area (Å²) in [6.45, 7) is 2.89. The zero-order valence-corrected chi connectivity index (χ0v) is 12.6. The van der Waals surface area contributed by atoms with E-state index in [4.69, 9.17) is 11.6 Å². The molecule has 0 aliphatic carbocycles. The molecule has 0 spiro atoms. The molecule has 5 heteroatoms. The van der Waals surface area contributed by atoms with Crippen LogP contribution >= 0.6 is 24.0 Å². The van der Waals surface area contributed by atoms with Crippen molar-refractivity contribution in [3.63, 3.8) is 0 Å². The highest BCUT2D eigenvalue weighted by atomic mass is 35.5. The molecule has 1 heterocycles. The number of benzene rings is 1. The second-order valence-corrected chi connectivity index (χ2v) is 5.16. The standard InChI is InChI=1S/C14H19ClN2O.ClH/c1-10(11-6-2-3-7-12(11)15)17-14(18)13-8-4-5-9-16-13;/h2-3,6-7,10,13,16H,4-5,8-9H2,1H3,(H,17,18);1H/t10?,13-;/m0./s1. The van der Waals surface area contributed by atoms with Crippen molar-refractivity contribution in [3.05, 3.63) is 34.9 Å². The first-order valence-corrected chi connectivity index (χ1v) is 6.84. The van der Waals surface area contributed by atoms with Crippen LogP contribution in [0.4, 0.5) is 0 Å². The third-order valence-corrected chi connectivity index (χ3v) is 3.70. The van der Waals surface area contributed by atoms with Gasteiger partial charge in [-0.3, -0.25) is 4.79 Å². The molecule has 1 saturated heterocycles. The largest absolute Gasteiger partial charge is 0.348 e. The van der Waals surface area contributed by atoms with E-state index >= 15 is 0 Å². The molecule has 1 aliphatic heterocycles. The molecule has 0 bridgehead atoms. The van der Waals surface area contributed by atoms with Crippen LogP contribution in [0.25, 0.3) is 0 Å². The molecule has 0 radical (unpaired) electrons. The quantitative estimate of drug-likeness (QED) is 0.901. The maximum Gasteiger partial charge on any atom is 0.237 e. The first-order chi connectivity index (χ1) is 8.68. The number of nitrogens with one attached hydrogen (secondary N) is 2. The first kappa shape index (κ1) is 16.3. The van der Waals surface area contributed by atoms with Crippen LogP contribution in [0.3, 0.4) is 0 Å². The van der Waals surface area contributed by atoms with Crippen molar-refractivity contribution in [2.75, 3.05) is 6.54 Å². The molecule has 1 aromatic carbocycles. The molecular formula is C14H20Cl2N2O. The summed E-state index contributed by atoms with van der Waals surface area (Å²) in [6, 6.07) is 7.50. The van der Waals surface area contributed by atoms with Crippen LogP contribution in [-0.2, 0) is 4.79 Å². The van der Waals surface area contributed by atoms with Gasteiger partial charge in [-0.25, -0.2) is 0 Å². The minimum atomic E-state index is -0.0603. The average molecular weight is 303 g/mol. The van der Waals surface area contributed by atoms with Gasteiger partial charge in [-0.1, -0.05) is 36.2 Å². The molecular weight excluding hydrogens is 283 g/mol. The van der Waals surface area contributed by atoms with Gasteiger partial charge in [-0.2, -0.15) is 0 Å². The van der Waals surface area contributed by atoms with Crippen molar-refractivity contribution < 1.29 is 4.79 Å². The van der Waals surface area contributed by atoms with Crippen LogP contribution in [0, 0.1) is 0 Å². The monoisotopic (exact) mass is 302 g/mol. The second-order valence-electron chi connectivity index (χ2n) is 4.75. The van der Waals surface area contributed by atoms with Gasteiger partial charge in [-0.15, -0.1) is 12.4 Å². The molecule has 0 saturated carbocycles. The zero-order chi connectivity index (χ0) is 13.0. The predicted octanol–water partition coefficient (Wildman–Crippen LogP) is 3.08. The first-order valence-electron chi connectivity index (χ1n) is 6.46. The molecule has 2 N–H and O–H groups in total. The van der Waals surface area contributed by atoms with Crippen molar-refractivity contribution in [1.82, 2.24) is 10.6 Å². The lowest BCUT2D eigenvalue weighted by Gasteiger charge is -2.25. The minimum Gasteiger partial charge on any atom is -0.348 e. The maximum atomic E-state index is 12.1. The zero-order valence-electron chi connectivity index (χ0n) is 11.0. The van der Waals surface area contributed by atoms with Crippen molar-refractivity contribution in [1.29, 1.82) is 0 Å². The Balaban J connectivity index is 0.00000180. The van der Waals surface area contributed by atoms with Crippen molar-refractivity contribution in [2.45, 2.75) is 38.3 Å². The van der Waals surface area contributed by atoms with Crippen LogP contribution in [-0.4, -0.2) is 18.5 Å². The van der Waals surface area contributed by atoms with Gasteiger partial charge in [0.1, 0.15) is 0 Å². The molecule has 1 aliphatic rings. The number of piperidine rings is 1. The summed E-state index contributed by atoms with van der Waals surface area (Å²) in [5.41, 5.74) is 0.961. The van der Waals surface area contributed by atoms with Gasteiger partial charge in [0.05, 0.1) is 12.1 Å². The van der Waals surface area contributed by atoms with Crippen molar-refractivity contribution in [3.8, 4) is 0 Å². The van der Waals surface area contributed by atoms with E-state index in [1.165, 1.54) is 0 Å². The van der Waals surface area contributed by atoms with Crippen LogP contribution < -0.4 is 10.6 Å². The summed E-state index contributed by atoms with van der Waals surface area (Å²) in [5, 5.41) is 6.96. The molecule has 106 valence electrons. The fourth-order valence-electron chi connectivity index (χ4n) is 2.29. The van der Waals surface area contributed by atoms with Crippen LogP contribution in [0.2, 0.25) is 5.02 Å². The van der Waals surface area contributed by atoms with E-state index in [1.54, 1.807) is 0 Å². The van der Waals surface area contributed by atoms with E-state index in [0.29, 0.717) is 5.02 Å². The summed E-state index contributed by atoms with van der Waals surface area (Å²) in [4.78, 5) is 12.1. The van der Waals surface area contributed by atoms with Crippen molar-refractivity contribution in [2.24, 2.45) is 0 Å². The topological polar surface area (TPSA) is 41.1 Å². The van der Waals surface area contributed by atoms with Gasteiger partial charge < -0.3 is 10.6 Å². The summed E-state index contributed by atoms with van der Waals surface area (Å²) in [7, 11) is 0. The number of amides is 1. The molecule has 3 nitrogen and oxygen atoms in total. The van der Waals surface area contributed by atoms with E-state index in [9.17, 15) is 4.79 Å². The summed E-state index contributed by atoms with van der Waals surface area (Å²) in [5.74, 6) is 0.0714. The van der Waals surface area contributed by atoms with Crippen LogP contribution in [0.5, 0.6) is 0 Å². The Morgan fingerprint density at radius 3 is 2.79 bits per heavy atom. The highest BCUT2D eigenvalue weighted by Crippen LogP contribution is 2.22. The Morgan fingerprint density at radius 1 is 1.42 bits per heavy atom. The lowest BCUT2D eigenvalue weighted by molar-refractivity contribution is -0.124. The average Bonchev–Trinajstić information content (AvgIpc) is 2.40. The smallest absolute Gasteiger partial charge is 0.237 e. The maximum absolute atomic E-state index is 12.1. The third kappa shape index (κ3) is 4.37. The molecule has 1 unspecified atom stereocenters. The number of halogens is 2. The van der Waals surface area contributed by atoms with Crippen LogP contribution in [0.1, 0.15) is 37.8 Å². The Bertz CT molecular complexity index is 420. The number of rotatable bonds is 3. The predicted molar refractivity (Wildman–Crippen MR) is 80.9 cm³/mol. The van der Waals surface area contributed by atoms with Gasteiger partial charge in [-0.05, 0) is 37.9 Å². The Kier molecular flexibility index (Phi) is 6.63. The fourth-order valence-corrected chi connectivity index (χ4v) is 2.59. The molecule has 2 rings (SSSR count). The normalized spacial score (nSPS) is 20.2. The van der Waals surface area contributed by atoms with E-state index in [-0.39, 0.29) is 30.4 Å². The van der Waals surface area contributed by atoms with E-state index in [1.807, 2.05) is 31.2 Å². The van der Waals surface area contributed by atoms with Gasteiger partial charge in [0, 0.05) is 5.02 Å². The van der Waals surface area contributed by atoms with Gasteiger partial charge in [0.2, 0.25) is 5.91 Å². The fraction of sp³-hybridized carbons (Fsp3) is 0.500. The van der Waals surface area contributed by atoms with Gasteiger partial charge >= 0.3 is 0 Å². The summed E-state index contributed by atoms with van der Waals surface area (Å²) < 4.78 is 0. The molecule has 1 fully saturated rings. The van der Waals surface area contributed by atoms with E-state index in [2.05, 4.69) is 10.6 Å². The summed E-state index contributed by atoms with van der Waals surface area (Å²) in [6.07, 6.45) is 3.19. The highest BCUT2D eigenvalue weighted by Gasteiger charge is 2.22. The lowest BCUT2D eigenvalue weighted by atomic mass is 10.0. The summed E-state index contributed by atoms with van der Waals surface area (Å²) >= 11 is 6.12. The highest BCUT2D eigenvalue weighted by molar-refractivity contribution is 6.31. The van der Waals surface area contributed by atoms with Gasteiger partial charge in [0.25, 0.3) is 0 Å². The molecule has 2 atom stereocenters. The van der Waals surface area contributed by atoms with E-state index in [0.717, 1.165) is 31.4 Å². The second kappa shape index (κ2) is 7.73. The SMILES string of the molecule is CC(NC(=O)[C@@H]1CCCCN1)c1ccccc1Cl.Cl. The molecule has 19 heavy (non-hydrogen) atoms. The third-order valence-electron chi connectivity index (χ3n) is 3.36. The Hall–Kier alpha value is -0.770.